The summed E-state index contributed by atoms with van der Waals surface area (Å²) in [5.74, 6) is -0.252. The lowest BCUT2D eigenvalue weighted by Crippen LogP contribution is -2.35. The van der Waals surface area contributed by atoms with Crippen LogP contribution in [0, 0.1) is 0 Å². The molecule has 3 N–H and O–H groups in total. The third-order valence-electron chi connectivity index (χ3n) is 6.26. The van der Waals surface area contributed by atoms with Gasteiger partial charge in [0, 0.05) is 34.9 Å². The summed E-state index contributed by atoms with van der Waals surface area (Å²) in [6.45, 7) is 0.912. The highest BCUT2D eigenvalue weighted by Crippen LogP contribution is 2.39. The molecule has 2 heterocycles. The topological polar surface area (TPSA) is 110 Å². The normalized spacial score (nSPS) is 14.5. The van der Waals surface area contributed by atoms with E-state index in [1.165, 1.54) is 10.6 Å². The number of halogens is 1. The van der Waals surface area contributed by atoms with Crippen LogP contribution in [0.25, 0.3) is 22.3 Å². The van der Waals surface area contributed by atoms with Gasteiger partial charge in [-0.2, -0.15) is 0 Å². The number of likely N-dealkylation sites (N-methyl/N-ethyl adjacent to an activating group) is 1. The minimum absolute atomic E-state index is 0.252. The molecule has 0 aliphatic carbocycles. The number of benzene rings is 3. The van der Waals surface area contributed by atoms with Crippen LogP contribution in [0.5, 0.6) is 0 Å². The number of H-pyrrole nitrogens is 1. The number of nitrogens with zero attached hydrogens (tertiary/aromatic N) is 3. The fourth-order valence-electron chi connectivity index (χ4n) is 4.40. The van der Waals surface area contributed by atoms with Crippen molar-refractivity contribution in [3.8, 4) is 0 Å². The van der Waals surface area contributed by atoms with E-state index in [-0.39, 0.29) is 5.91 Å². The molecule has 0 spiro atoms. The Kier molecular flexibility index (Phi) is 6.87. The smallest absolute Gasteiger partial charge is 0.258 e. The van der Waals surface area contributed by atoms with Crippen molar-refractivity contribution in [1.82, 2.24) is 14.9 Å². The number of hydrogen-bond donors (Lipinski definition) is 3. The van der Waals surface area contributed by atoms with E-state index >= 15 is 0 Å². The van der Waals surface area contributed by atoms with Gasteiger partial charge >= 0.3 is 0 Å². The average molecular weight is 551 g/mol. The van der Waals surface area contributed by atoms with E-state index in [4.69, 9.17) is 11.6 Å². The number of imidazole rings is 1. The van der Waals surface area contributed by atoms with Crippen molar-refractivity contribution < 1.29 is 13.2 Å². The highest BCUT2D eigenvalue weighted by molar-refractivity contribution is 7.92. The predicted molar refractivity (Wildman–Crippen MR) is 154 cm³/mol. The number of fused-ring (bicyclic) bond motifs is 2. The van der Waals surface area contributed by atoms with Crippen molar-refractivity contribution in [2.45, 2.75) is 0 Å². The van der Waals surface area contributed by atoms with E-state index < -0.39 is 10.0 Å². The van der Waals surface area contributed by atoms with Crippen molar-refractivity contribution >= 4 is 66.9 Å². The summed E-state index contributed by atoms with van der Waals surface area (Å²) in [5.41, 5.74) is 6.12. The Hall–Kier alpha value is -3.86. The zero-order chi connectivity index (χ0) is 27.0. The fourth-order valence-corrected chi connectivity index (χ4v) is 5.49. The molecule has 0 saturated carbocycles. The van der Waals surface area contributed by atoms with Crippen LogP contribution in [0.2, 0.25) is 5.02 Å². The van der Waals surface area contributed by atoms with Gasteiger partial charge in [0.15, 0.2) is 0 Å². The van der Waals surface area contributed by atoms with Crippen LogP contribution in [-0.2, 0) is 14.8 Å². The van der Waals surface area contributed by atoms with E-state index in [9.17, 15) is 13.2 Å². The summed E-state index contributed by atoms with van der Waals surface area (Å²) in [6.07, 6.45) is 2.82. The molecule has 0 atom stereocenters. The van der Waals surface area contributed by atoms with E-state index in [2.05, 4.69) is 20.6 Å². The number of carbonyl (C=O) groups is 1. The molecule has 1 aliphatic heterocycles. The highest BCUT2D eigenvalue weighted by Gasteiger charge is 2.29. The van der Waals surface area contributed by atoms with E-state index in [0.717, 1.165) is 22.2 Å². The van der Waals surface area contributed by atoms with Gasteiger partial charge in [0.2, 0.25) is 10.0 Å². The largest absolute Gasteiger partial charge is 0.354 e. The Bertz CT molecular complexity index is 1660. The number of hydrogen-bond acceptors (Lipinski definition) is 6. The first-order valence-electron chi connectivity index (χ1n) is 11.9. The summed E-state index contributed by atoms with van der Waals surface area (Å²) in [4.78, 5) is 22.5. The lowest BCUT2D eigenvalue weighted by Gasteiger charge is -2.24. The number of aromatic nitrogens is 2. The molecule has 196 valence electrons. The van der Waals surface area contributed by atoms with Crippen LogP contribution in [0.4, 0.5) is 17.1 Å². The average Bonchev–Trinajstić information content (AvgIpc) is 3.45. The first-order chi connectivity index (χ1) is 18.1. The second kappa shape index (κ2) is 10.1. The minimum atomic E-state index is -3.46. The third kappa shape index (κ3) is 5.24. The van der Waals surface area contributed by atoms with Crippen LogP contribution in [0.1, 0.15) is 11.1 Å². The number of aromatic amines is 1. The predicted octanol–water partition coefficient (Wildman–Crippen LogP) is 4.48. The standard InChI is InChI=1S/C27H27ClN6O3S/c1-33(2)12-13-34(38(3,36)37)20-8-6-19(7-9-20)31-26(17-4-11-22-24(14-17)30-16-29-22)25-21-10-5-18(28)15-23(21)32-27(25)35/h4-11,14-16,31H,12-13H2,1-3H3,(H,29,30)(H,32,35). The Labute approximate surface area is 226 Å². The first-order valence-corrected chi connectivity index (χ1v) is 14.1. The van der Waals surface area contributed by atoms with Crippen LogP contribution in [0.15, 0.2) is 67.0 Å². The van der Waals surface area contributed by atoms with Gasteiger partial charge in [-0.3, -0.25) is 9.10 Å². The molecule has 5 rings (SSSR count). The summed E-state index contributed by atoms with van der Waals surface area (Å²) < 4.78 is 26.3. The molecule has 0 unspecified atom stereocenters. The van der Waals surface area contributed by atoms with Crippen molar-refractivity contribution in [1.29, 1.82) is 0 Å². The lowest BCUT2D eigenvalue weighted by molar-refractivity contribution is -0.110. The summed E-state index contributed by atoms with van der Waals surface area (Å²) in [6, 6.07) is 18.1. The van der Waals surface area contributed by atoms with Crippen LogP contribution >= 0.6 is 11.6 Å². The molecule has 11 heteroatoms. The molecular weight excluding hydrogens is 524 g/mol. The monoisotopic (exact) mass is 550 g/mol. The van der Waals surface area contributed by atoms with Crippen LogP contribution < -0.4 is 14.9 Å². The molecule has 3 aromatic carbocycles. The van der Waals surface area contributed by atoms with E-state index in [1.807, 2.05) is 43.3 Å². The summed E-state index contributed by atoms with van der Waals surface area (Å²) >= 11 is 6.17. The lowest BCUT2D eigenvalue weighted by atomic mass is 9.99. The van der Waals surface area contributed by atoms with Crippen LogP contribution in [-0.4, -0.2) is 62.6 Å². The van der Waals surface area contributed by atoms with Gasteiger partial charge in [0.25, 0.3) is 5.91 Å². The van der Waals surface area contributed by atoms with E-state index in [1.54, 1.807) is 42.7 Å². The van der Waals surface area contributed by atoms with Crippen molar-refractivity contribution in [3.05, 3.63) is 83.1 Å². The first kappa shape index (κ1) is 25.8. The zero-order valence-corrected chi connectivity index (χ0v) is 22.7. The Morgan fingerprint density at radius 3 is 2.50 bits per heavy atom. The number of nitrogens with one attached hydrogen (secondary N) is 3. The van der Waals surface area contributed by atoms with Crippen molar-refractivity contribution in [2.75, 3.05) is 48.4 Å². The Morgan fingerprint density at radius 1 is 1.03 bits per heavy atom. The molecule has 9 nitrogen and oxygen atoms in total. The summed E-state index contributed by atoms with van der Waals surface area (Å²) in [7, 11) is 0.333. The van der Waals surface area contributed by atoms with Gasteiger partial charge in [-0.1, -0.05) is 23.7 Å². The maximum atomic E-state index is 13.2. The van der Waals surface area contributed by atoms with Crippen molar-refractivity contribution in [2.24, 2.45) is 0 Å². The number of carbonyl (C=O) groups excluding carboxylic acids is 1. The Balaban J connectivity index is 1.56. The maximum Gasteiger partial charge on any atom is 0.258 e. The van der Waals surface area contributed by atoms with Gasteiger partial charge in [0.1, 0.15) is 0 Å². The molecule has 1 aromatic heterocycles. The quantitative estimate of drug-likeness (QED) is 0.279. The van der Waals surface area contributed by atoms with Crippen LogP contribution in [0.3, 0.4) is 0 Å². The Morgan fingerprint density at radius 2 is 1.79 bits per heavy atom. The number of amides is 1. The second-order valence-electron chi connectivity index (χ2n) is 9.34. The van der Waals surface area contributed by atoms with Gasteiger partial charge in [-0.25, -0.2) is 13.4 Å². The van der Waals surface area contributed by atoms with Gasteiger partial charge in [0.05, 0.1) is 46.3 Å². The maximum absolute atomic E-state index is 13.2. The van der Waals surface area contributed by atoms with Gasteiger partial charge in [-0.15, -0.1) is 0 Å². The number of rotatable bonds is 8. The highest BCUT2D eigenvalue weighted by atomic mass is 35.5. The molecule has 1 amide bonds. The van der Waals surface area contributed by atoms with Crippen molar-refractivity contribution in [3.63, 3.8) is 0 Å². The summed E-state index contributed by atoms with van der Waals surface area (Å²) in [5, 5.41) is 6.84. The molecule has 0 radical (unpaired) electrons. The van der Waals surface area contributed by atoms with Gasteiger partial charge < -0.3 is 20.5 Å². The molecule has 1 aliphatic rings. The minimum Gasteiger partial charge on any atom is -0.354 e. The molecular formula is C27H27ClN6O3S. The zero-order valence-electron chi connectivity index (χ0n) is 21.1. The number of anilines is 3. The second-order valence-corrected chi connectivity index (χ2v) is 11.7. The van der Waals surface area contributed by atoms with Gasteiger partial charge in [-0.05, 0) is 62.6 Å². The molecule has 4 aromatic rings. The number of sulfonamides is 1. The SMILES string of the molecule is CN(C)CCN(c1ccc(NC(=C2C(=O)Nc3cc(Cl)ccc32)c2ccc3nc[nH]c3c2)cc1)S(C)(=O)=O. The molecule has 0 bridgehead atoms. The molecule has 0 fully saturated rings. The third-order valence-corrected chi connectivity index (χ3v) is 7.69. The van der Waals surface area contributed by atoms with E-state index in [0.29, 0.717) is 46.4 Å². The fraction of sp³-hybridized carbons (Fsp3) is 0.185. The molecule has 0 saturated heterocycles. The molecule has 38 heavy (non-hydrogen) atoms.